The highest BCUT2D eigenvalue weighted by Crippen LogP contribution is 2.36. The molecular weight excluding hydrogens is 470 g/mol. The topological polar surface area (TPSA) is 169 Å². The van der Waals surface area contributed by atoms with E-state index in [1.807, 2.05) is 49.4 Å². The molecule has 3 aromatic rings. The molecule has 0 amide bonds. The van der Waals surface area contributed by atoms with Gasteiger partial charge in [0, 0.05) is 16.5 Å². The molecule has 0 aliphatic carbocycles. The van der Waals surface area contributed by atoms with Crippen LogP contribution < -0.4 is 0 Å². The Bertz CT molecular complexity index is 1320. The number of H-pyrrole nitrogens is 1. The van der Waals surface area contributed by atoms with Crippen molar-refractivity contribution in [3.63, 3.8) is 0 Å². The zero-order valence-corrected chi connectivity index (χ0v) is 19.4. The van der Waals surface area contributed by atoms with E-state index < -0.39 is 37.3 Å². The fourth-order valence-corrected chi connectivity index (χ4v) is 4.39. The van der Waals surface area contributed by atoms with Crippen LogP contribution in [-0.4, -0.2) is 92.5 Å². The fourth-order valence-electron chi connectivity index (χ4n) is 4.39. The Labute approximate surface area is 205 Å². The Balaban J connectivity index is 1.33. The van der Waals surface area contributed by atoms with Gasteiger partial charge in [-0.3, -0.25) is 0 Å². The van der Waals surface area contributed by atoms with Crippen LogP contribution in [0.25, 0.3) is 10.9 Å². The fraction of sp³-hybridized carbons (Fsp3) is 0.360. The summed E-state index contributed by atoms with van der Waals surface area (Å²) in [6.45, 7) is 1.32. The molecule has 1 saturated heterocycles. The maximum atomic E-state index is 10.7. The number of hydrogen-bond donors (Lipinski definition) is 6. The third-order valence-electron chi connectivity index (χ3n) is 6.25. The first kappa shape index (κ1) is 24.4. The van der Waals surface area contributed by atoms with Crippen LogP contribution in [0, 0.1) is 6.92 Å². The predicted molar refractivity (Wildman–Crippen MR) is 130 cm³/mol. The van der Waals surface area contributed by atoms with Crippen molar-refractivity contribution >= 4 is 28.0 Å². The van der Waals surface area contributed by atoms with Crippen molar-refractivity contribution in [2.24, 2.45) is 10.1 Å². The van der Waals surface area contributed by atoms with Gasteiger partial charge in [-0.05, 0) is 25.1 Å². The van der Waals surface area contributed by atoms with Gasteiger partial charge in [-0.2, -0.15) is 0 Å². The number of aliphatic hydroxyl groups is 4. The number of ether oxygens (including phenoxy) is 2. The lowest BCUT2D eigenvalue weighted by Gasteiger charge is -2.39. The molecule has 190 valence electrons. The van der Waals surface area contributed by atoms with Crippen LogP contribution in [0.2, 0.25) is 0 Å². The van der Waals surface area contributed by atoms with Gasteiger partial charge >= 0.3 is 0 Å². The molecule has 0 bridgehead atoms. The number of fused-ring (bicyclic) bond motifs is 2. The summed E-state index contributed by atoms with van der Waals surface area (Å²) in [4.78, 5) is 13.2. The Morgan fingerprint density at radius 3 is 2.67 bits per heavy atom. The van der Waals surface area contributed by atoms with E-state index in [1.54, 1.807) is 0 Å². The highest BCUT2D eigenvalue weighted by molar-refractivity contribution is 6.58. The molecule has 2 aromatic carbocycles. The Kier molecular flexibility index (Phi) is 6.75. The maximum absolute atomic E-state index is 10.7. The molecule has 2 aliphatic heterocycles. The number of aromatic hydroxyl groups is 1. The van der Waals surface area contributed by atoms with Crippen LogP contribution in [0.15, 0.2) is 52.6 Å². The lowest BCUT2D eigenvalue weighted by Crippen LogP contribution is -2.59. The van der Waals surface area contributed by atoms with E-state index in [4.69, 9.17) is 19.3 Å². The number of aromatic amines is 1. The number of aliphatic hydroxyl groups excluding tert-OH is 4. The van der Waals surface area contributed by atoms with Crippen molar-refractivity contribution < 1.29 is 39.8 Å². The molecule has 3 heterocycles. The predicted octanol–water partition coefficient (Wildman–Crippen LogP) is 0.854. The number of aromatic nitrogens is 1. The number of hydrogen-bond acceptors (Lipinski definition) is 10. The molecule has 1 aromatic heterocycles. The molecule has 0 spiro atoms. The van der Waals surface area contributed by atoms with E-state index in [-0.39, 0.29) is 19.1 Å². The summed E-state index contributed by atoms with van der Waals surface area (Å²) in [6.07, 6.45) is -6.80. The summed E-state index contributed by atoms with van der Waals surface area (Å²) >= 11 is 0. The zero-order chi connectivity index (χ0) is 25.4. The molecule has 0 radical (unpaired) electrons. The van der Waals surface area contributed by atoms with Crippen LogP contribution in [0.3, 0.4) is 0 Å². The lowest BCUT2D eigenvalue weighted by atomic mass is 9.99. The number of para-hydroxylation sites is 1. The third-order valence-corrected chi connectivity index (χ3v) is 6.25. The second-order valence-corrected chi connectivity index (χ2v) is 8.72. The number of aliphatic imine (C=N–C) groups is 1. The van der Waals surface area contributed by atoms with Crippen LogP contribution >= 0.6 is 0 Å². The van der Waals surface area contributed by atoms with Gasteiger partial charge in [0.2, 0.25) is 0 Å². The van der Waals surface area contributed by atoms with Gasteiger partial charge in [0.15, 0.2) is 12.2 Å². The zero-order valence-electron chi connectivity index (χ0n) is 19.4. The third kappa shape index (κ3) is 4.37. The van der Waals surface area contributed by atoms with Gasteiger partial charge in [-0.25, -0.2) is 4.99 Å². The summed E-state index contributed by atoms with van der Waals surface area (Å²) in [5.74, 6) is -0.0270. The van der Waals surface area contributed by atoms with E-state index in [2.05, 4.69) is 10.1 Å². The molecule has 2 aliphatic rings. The van der Waals surface area contributed by atoms with Gasteiger partial charge < -0.3 is 44.8 Å². The highest BCUT2D eigenvalue weighted by atomic mass is 16.7. The smallest absolute Gasteiger partial charge is 0.199 e. The quantitative estimate of drug-likeness (QED) is 0.206. The van der Waals surface area contributed by atoms with Crippen molar-refractivity contribution in [3.05, 3.63) is 59.2 Å². The summed E-state index contributed by atoms with van der Waals surface area (Å²) in [5, 5.41) is 54.9. The average molecular weight is 498 g/mol. The number of nitrogens with zero attached hydrogens (tertiary/aromatic N) is 2. The van der Waals surface area contributed by atoms with Gasteiger partial charge in [0.05, 0.1) is 24.5 Å². The lowest BCUT2D eigenvalue weighted by molar-refractivity contribution is -0.302. The van der Waals surface area contributed by atoms with Gasteiger partial charge in [-0.1, -0.05) is 35.0 Å². The first-order valence-corrected chi connectivity index (χ1v) is 11.5. The Hall–Kier alpha value is -3.32. The number of rotatable bonds is 7. The minimum absolute atomic E-state index is 0.0270. The first-order valence-electron chi connectivity index (χ1n) is 11.5. The van der Waals surface area contributed by atoms with Crippen LogP contribution in [0.1, 0.15) is 16.7 Å². The average Bonchev–Trinajstić information content (AvgIpc) is 3.39. The van der Waals surface area contributed by atoms with Crippen LogP contribution in [-0.2, 0) is 14.3 Å². The molecule has 0 unspecified atom stereocenters. The number of oxime groups is 1. The van der Waals surface area contributed by atoms with E-state index >= 15 is 0 Å². The van der Waals surface area contributed by atoms with Gasteiger partial charge in [-0.15, -0.1) is 0 Å². The molecule has 5 rings (SSSR count). The molecule has 11 nitrogen and oxygen atoms in total. The molecule has 11 heteroatoms. The second-order valence-electron chi connectivity index (χ2n) is 8.72. The van der Waals surface area contributed by atoms with Crippen molar-refractivity contribution in [3.8, 4) is 5.88 Å². The summed E-state index contributed by atoms with van der Waals surface area (Å²) < 4.78 is 10.8. The molecule has 0 saturated carbocycles. The molecule has 36 heavy (non-hydrogen) atoms. The standard InChI is InChI=1S/C25H27N3O8/c1-12-6-7-16-14(10-12)18(24(33)27-16)20-19(13-4-2-3-5-15(13)26-20)28-35-9-8-34-25-23(32)22(31)21(30)17(11-29)36-25/h2-7,10,17,21-23,25,27,29-33H,8-9,11H2,1H3/b28-19+/t17-,21-,22+,23-,25-/m1/s1. The Morgan fingerprint density at radius 2 is 1.86 bits per heavy atom. The molecule has 6 N–H and O–H groups in total. The van der Waals surface area contributed by atoms with E-state index in [1.165, 1.54) is 0 Å². The SMILES string of the molecule is Cc1ccc2[nH]c(O)c(C3=Nc4ccccc4/C3=N\OCCO[C@@H]3O[C@H](CO)[C@@H](O)[C@H](O)[C@H]3O)c2c1. The van der Waals surface area contributed by atoms with E-state index in [0.29, 0.717) is 22.7 Å². The van der Waals surface area contributed by atoms with E-state index in [0.717, 1.165) is 22.0 Å². The molecular formula is C25H27N3O8. The minimum atomic E-state index is -1.52. The number of benzene rings is 2. The van der Waals surface area contributed by atoms with Crippen molar-refractivity contribution in [1.82, 2.24) is 4.98 Å². The van der Waals surface area contributed by atoms with Crippen LogP contribution in [0.5, 0.6) is 5.88 Å². The number of aryl methyl sites for hydroxylation is 1. The number of nitrogens with one attached hydrogen (secondary N) is 1. The molecule has 1 fully saturated rings. The summed E-state index contributed by atoms with van der Waals surface area (Å²) in [7, 11) is 0. The first-order chi connectivity index (χ1) is 17.4. The Morgan fingerprint density at radius 1 is 1.06 bits per heavy atom. The monoisotopic (exact) mass is 497 g/mol. The van der Waals surface area contributed by atoms with Crippen molar-refractivity contribution in [2.75, 3.05) is 19.8 Å². The summed E-state index contributed by atoms with van der Waals surface area (Å²) in [5.41, 5.74) is 4.64. The normalized spacial score (nSPS) is 26.9. The maximum Gasteiger partial charge on any atom is 0.199 e. The van der Waals surface area contributed by atoms with Gasteiger partial charge in [0.1, 0.15) is 42.4 Å². The van der Waals surface area contributed by atoms with Crippen molar-refractivity contribution in [2.45, 2.75) is 37.6 Å². The van der Waals surface area contributed by atoms with Crippen molar-refractivity contribution in [1.29, 1.82) is 0 Å². The van der Waals surface area contributed by atoms with Crippen LogP contribution in [0.4, 0.5) is 5.69 Å². The molecule has 5 atom stereocenters. The largest absolute Gasteiger partial charge is 0.494 e. The van der Waals surface area contributed by atoms with Gasteiger partial charge in [0.25, 0.3) is 0 Å². The minimum Gasteiger partial charge on any atom is -0.494 e. The summed E-state index contributed by atoms with van der Waals surface area (Å²) in [6, 6.07) is 13.2. The second kappa shape index (κ2) is 9.97. The highest BCUT2D eigenvalue weighted by Gasteiger charge is 2.44. The van der Waals surface area contributed by atoms with E-state index in [9.17, 15) is 25.5 Å².